The monoisotopic (exact) mass is 403 g/mol. The van der Waals surface area contributed by atoms with Crippen molar-refractivity contribution >= 4 is 27.4 Å². The molecule has 0 saturated carbocycles. The van der Waals surface area contributed by atoms with Gasteiger partial charge in [-0.3, -0.25) is 9.59 Å². The van der Waals surface area contributed by atoms with E-state index in [0.29, 0.717) is 5.69 Å². The number of sulfone groups is 1. The van der Waals surface area contributed by atoms with E-state index >= 15 is 0 Å². The van der Waals surface area contributed by atoms with Gasteiger partial charge in [-0.2, -0.15) is 0 Å². The first-order valence-electron chi connectivity index (χ1n) is 9.03. The molecule has 150 valence electrons. The van der Waals surface area contributed by atoms with E-state index in [9.17, 15) is 18.0 Å². The second kappa shape index (κ2) is 9.50. The summed E-state index contributed by atoms with van der Waals surface area (Å²) in [6.45, 7) is 5.15. The van der Waals surface area contributed by atoms with Crippen LogP contribution in [0.1, 0.15) is 25.8 Å². The summed E-state index contributed by atoms with van der Waals surface area (Å²) < 4.78 is 29.6. The number of benzene rings is 2. The molecule has 2 aromatic rings. The third-order valence-electron chi connectivity index (χ3n) is 4.13. The summed E-state index contributed by atoms with van der Waals surface area (Å²) in [5.74, 6) is -1.45. The van der Waals surface area contributed by atoms with Gasteiger partial charge in [0.2, 0.25) is 0 Å². The van der Waals surface area contributed by atoms with E-state index in [2.05, 4.69) is 0 Å². The highest BCUT2D eigenvalue weighted by Gasteiger charge is 2.21. The van der Waals surface area contributed by atoms with E-state index in [1.165, 1.54) is 17.0 Å². The van der Waals surface area contributed by atoms with Gasteiger partial charge >= 0.3 is 5.97 Å². The number of nitrogens with zero attached hydrogens (tertiary/aromatic N) is 1. The summed E-state index contributed by atoms with van der Waals surface area (Å²) in [5, 5.41) is 0. The van der Waals surface area contributed by atoms with E-state index in [1.807, 2.05) is 39.0 Å². The molecule has 0 N–H and O–H groups in total. The molecule has 2 aromatic carbocycles. The van der Waals surface area contributed by atoms with Gasteiger partial charge in [0.25, 0.3) is 5.91 Å². The van der Waals surface area contributed by atoms with Gasteiger partial charge in [0.05, 0.1) is 17.1 Å². The third kappa shape index (κ3) is 5.92. The maximum absolute atomic E-state index is 12.5. The highest BCUT2D eigenvalue weighted by atomic mass is 32.2. The molecule has 0 aliphatic rings. The quantitative estimate of drug-likeness (QED) is 0.633. The van der Waals surface area contributed by atoms with Gasteiger partial charge in [-0.1, -0.05) is 35.9 Å². The number of aryl methyl sites for hydroxylation is 1. The van der Waals surface area contributed by atoms with Crippen LogP contribution in [0.5, 0.6) is 0 Å². The van der Waals surface area contributed by atoms with E-state index in [0.717, 1.165) is 5.56 Å². The minimum atomic E-state index is -3.58. The van der Waals surface area contributed by atoms with Gasteiger partial charge in [-0.25, -0.2) is 8.42 Å². The zero-order chi connectivity index (χ0) is 20.7. The molecule has 1 amide bonds. The zero-order valence-corrected chi connectivity index (χ0v) is 17.1. The third-order valence-corrected chi connectivity index (χ3v) is 5.86. The normalized spacial score (nSPS) is 11.3. The SMILES string of the molecule is Cc1ccc(S(=O)(=O)CCC(=O)OCC(=O)N(c2ccccc2)C(C)C)cc1. The van der Waals surface area contributed by atoms with Gasteiger partial charge in [0.1, 0.15) is 0 Å². The molecule has 7 heteroatoms. The first kappa shape index (κ1) is 21.6. The van der Waals surface area contributed by atoms with Gasteiger partial charge in [-0.15, -0.1) is 0 Å². The lowest BCUT2D eigenvalue weighted by molar-refractivity contribution is -0.147. The summed E-state index contributed by atoms with van der Waals surface area (Å²) in [7, 11) is -3.58. The fourth-order valence-corrected chi connectivity index (χ4v) is 3.91. The lowest BCUT2D eigenvalue weighted by Gasteiger charge is -2.26. The van der Waals surface area contributed by atoms with Crippen LogP contribution in [0.25, 0.3) is 0 Å². The Hall–Kier alpha value is -2.67. The number of ether oxygens (including phenoxy) is 1. The van der Waals surface area contributed by atoms with Crippen LogP contribution in [0.3, 0.4) is 0 Å². The summed E-state index contributed by atoms with van der Waals surface area (Å²) >= 11 is 0. The molecule has 28 heavy (non-hydrogen) atoms. The molecule has 0 unspecified atom stereocenters. The minimum absolute atomic E-state index is 0.115. The van der Waals surface area contributed by atoms with Crippen molar-refractivity contribution in [2.75, 3.05) is 17.3 Å². The summed E-state index contributed by atoms with van der Waals surface area (Å²) in [4.78, 5) is 26.1. The average molecular weight is 404 g/mol. The standard InChI is InChI=1S/C21H25NO5S/c1-16(2)22(18-7-5-4-6-8-18)20(23)15-27-21(24)13-14-28(25,26)19-11-9-17(3)10-12-19/h4-12,16H,13-15H2,1-3H3. The Bertz CT molecular complexity index is 906. The van der Waals surface area contributed by atoms with Crippen LogP contribution in [0.4, 0.5) is 5.69 Å². The zero-order valence-electron chi connectivity index (χ0n) is 16.3. The average Bonchev–Trinajstić information content (AvgIpc) is 2.66. The fraction of sp³-hybridized carbons (Fsp3) is 0.333. The Morgan fingerprint density at radius 1 is 1.00 bits per heavy atom. The van der Waals surface area contributed by atoms with Crippen molar-refractivity contribution in [3.05, 3.63) is 60.2 Å². The molecular formula is C21H25NO5S. The first-order valence-corrected chi connectivity index (χ1v) is 10.7. The highest BCUT2D eigenvalue weighted by Crippen LogP contribution is 2.17. The molecule has 0 aliphatic heterocycles. The summed E-state index contributed by atoms with van der Waals surface area (Å²) in [5.41, 5.74) is 1.66. The fourth-order valence-electron chi connectivity index (χ4n) is 2.68. The molecular weight excluding hydrogens is 378 g/mol. The Kier molecular flexibility index (Phi) is 7.34. The van der Waals surface area contributed by atoms with Crippen LogP contribution in [-0.2, 0) is 24.2 Å². The second-order valence-corrected chi connectivity index (χ2v) is 8.84. The number of hydrogen-bond acceptors (Lipinski definition) is 5. The molecule has 0 aliphatic carbocycles. The number of esters is 1. The Labute approximate surface area is 166 Å². The van der Waals surface area contributed by atoms with Crippen molar-refractivity contribution in [3.63, 3.8) is 0 Å². The van der Waals surface area contributed by atoms with E-state index in [1.54, 1.807) is 24.3 Å². The largest absolute Gasteiger partial charge is 0.456 e. The lowest BCUT2D eigenvalue weighted by atomic mass is 10.2. The topological polar surface area (TPSA) is 80.7 Å². The minimum Gasteiger partial charge on any atom is -0.456 e. The number of rotatable bonds is 8. The number of anilines is 1. The van der Waals surface area contributed by atoms with Crippen LogP contribution in [0, 0.1) is 6.92 Å². The predicted molar refractivity (Wildman–Crippen MR) is 108 cm³/mol. The highest BCUT2D eigenvalue weighted by molar-refractivity contribution is 7.91. The maximum Gasteiger partial charge on any atom is 0.307 e. The number of carbonyl (C=O) groups excluding carboxylic acids is 2. The van der Waals surface area contributed by atoms with Gasteiger partial charge in [0, 0.05) is 11.7 Å². The van der Waals surface area contributed by atoms with E-state index < -0.39 is 22.4 Å². The lowest BCUT2D eigenvalue weighted by Crippen LogP contribution is -2.40. The molecule has 0 fully saturated rings. The number of para-hydroxylation sites is 1. The second-order valence-electron chi connectivity index (χ2n) is 6.74. The first-order chi connectivity index (χ1) is 13.2. The van der Waals surface area contributed by atoms with Crippen LogP contribution in [0.2, 0.25) is 0 Å². The van der Waals surface area contributed by atoms with Crippen LogP contribution >= 0.6 is 0 Å². The van der Waals surface area contributed by atoms with E-state index in [4.69, 9.17) is 4.74 Å². The van der Waals surface area contributed by atoms with Crippen LogP contribution in [-0.4, -0.2) is 38.7 Å². The van der Waals surface area contributed by atoms with Gasteiger partial charge < -0.3 is 9.64 Å². The number of hydrogen-bond donors (Lipinski definition) is 0. The van der Waals surface area contributed by atoms with E-state index in [-0.39, 0.29) is 29.0 Å². The van der Waals surface area contributed by atoms with Crippen LogP contribution in [0.15, 0.2) is 59.5 Å². The van der Waals surface area contributed by atoms with Crippen molar-refractivity contribution in [2.45, 2.75) is 38.1 Å². The number of carbonyl (C=O) groups is 2. The van der Waals surface area contributed by atoms with Gasteiger partial charge in [-0.05, 0) is 45.0 Å². The molecule has 0 atom stereocenters. The Morgan fingerprint density at radius 2 is 1.61 bits per heavy atom. The molecule has 0 spiro atoms. The summed E-state index contributed by atoms with van der Waals surface area (Å²) in [6.07, 6.45) is -0.309. The maximum atomic E-state index is 12.5. The Balaban J connectivity index is 1.90. The summed E-state index contributed by atoms with van der Waals surface area (Å²) in [6, 6.07) is 15.4. The molecule has 6 nitrogen and oxygen atoms in total. The van der Waals surface area contributed by atoms with Crippen molar-refractivity contribution in [1.82, 2.24) is 0 Å². The predicted octanol–water partition coefficient (Wildman–Crippen LogP) is 3.14. The van der Waals surface area contributed by atoms with Crippen molar-refractivity contribution < 1.29 is 22.7 Å². The number of amides is 1. The molecule has 2 rings (SSSR count). The smallest absolute Gasteiger partial charge is 0.307 e. The van der Waals surface area contributed by atoms with Crippen molar-refractivity contribution in [3.8, 4) is 0 Å². The molecule has 0 heterocycles. The van der Waals surface area contributed by atoms with Crippen molar-refractivity contribution in [1.29, 1.82) is 0 Å². The van der Waals surface area contributed by atoms with Crippen LogP contribution < -0.4 is 4.90 Å². The molecule has 0 radical (unpaired) electrons. The molecule has 0 bridgehead atoms. The van der Waals surface area contributed by atoms with Crippen molar-refractivity contribution in [2.24, 2.45) is 0 Å². The molecule has 0 aromatic heterocycles. The van der Waals surface area contributed by atoms with Gasteiger partial charge in [0.15, 0.2) is 16.4 Å². The molecule has 0 saturated heterocycles. The Morgan fingerprint density at radius 3 is 2.18 bits per heavy atom.